The topological polar surface area (TPSA) is 18.5 Å². The molecular formula is C15H33N3. The average molecular weight is 255 g/mol. The van der Waals surface area contributed by atoms with Crippen molar-refractivity contribution in [1.82, 2.24) is 15.1 Å². The summed E-state index contributed by atoms with van der Waals surface area (Å²) in [6.07, 6.45) is 2.64. The van der Waals surface area contributed by atoms with Gasteiger partial charge >= 0.3 is 0 Å². The Morgan fingerprint density at radius 3 is 2.28 bits per heavy atom. The van der Waals surface area contributed by atoms with E-state index in [1.807, 2.05) is 0 Å². The van der Waals surface area contributed by atoms with E-state index in [0.717, 1.165) is 18.5 Å². The number of nitrogens with zero attached hydrogens (tertiary/aromatic N) is 2. The molecule has 1 saturated heterocycles. The van der Waals surface area contributed by atoms with Crippen LogP contribution in [0.25, 0.3) is 0 Å². The van der Waals surface area contributed by atoms with Crippen LogP contribution in [0.3, 0.4) is 0 Å². The lowest BCUT2D eigenvalue weighted by atomic mass is 10.1. The molecule has 18 heavy (non-hydrogen) atoms. The SMILES string of the molecule is CCN1CCN(C(C)CCCNCC(C)C)CC1. The predicted octanol–water partition coefficient (Wildman–Crippen LogP) is 2.04. The van der Waals surface area contributed by atoms with E-state index in [4.69, 9.17) is 0 Å². The maximum absolute atomic E-state index is 3.53. The summed E-state index contributed by atoms with van der Waals surface area (Å²) in [4.78, 5) is 5.21. The fourth-order valence-electron chi connectivity index (χ4n) is 2.62. The smallest absolute Gasteiger partial charge is 0.0113 e. The zero-order valence-electron chi connectivity index (χ0n) is 12.9. The molecule has 1 heterocycles. The zero-order chi connectivity index (χ0) is 13.4. The highest BCUT2D eigenvalue weighted by Crippen LogP contribution is 2.10. The average Bonchev–Trinajstić information content (AvgIpc) is 2.38. The Kier molecular flexibility index (Phi) is 7.87. The molecule has 1 aliphatic heterocycles. The molecule has 1 unspecified atom stereocenters. The molecular weight excluding hydrogens is 222 g/mol. The predicted molar refractivity (Wildman–Crippen MR) is 80.1 cm³/mol. The molecule has 3 heteroatoms. The lowest BCUT2D eigenvalue weighted by Crippen LogP contribution is -2.49. The van der Waals surface area contributed by atoms with Gasteiger partial charge in [0.25, 0.3) is 0 Å². The first kappa shape index (κ1) is 15.9. The molecule has 0 amide bonds. The van der Waals surface area contributed by atoms with Crippen LogP contribution in [-0.2, 0) is 0 Å². The third kappa shape index (κ3) is 6.17. The highest BCUT2D eigenvalue weighted by molar-refractivity contribution is 4.75. The van der Waals surface area contributed by atoms with Gasteiger partial charge in [0, 0.05) is 32.2 Å². The fourth-order valence-corrected chi connectivity index (χ4v) is 2.62. The maximum Gasteiger partial charge on any atom is 0.0113 e. The molecule has 108 valence electrons. The number of rotatable bonds is 8. The molecule has 0 radical (unpaired) electrons. The van der Waals surface area contributed by atoms with Crippen LogP contribution in [0.1, 0.15) is 40.5 Å². The standard InChI is InChI=1S/C15H33N3/c1-5-17-9-11-18(12-10-17)15(4)7-6-8-16-13-14(2)3/h14-16H,5-13H2,1-4H3. The van der Waals surface area contributed by atoms with Crippen LogP contribution in [0.5, 0.6) is 0 Å². The van der Waals surface area contributed by atoms with E-state index in [9.17, 15) is 0 Å². The van der Waals surface area contributed by atoms with Gasteiger partial charge < -0.3 is 10.2 Å². The summed E-state index contributed by atoms with van der Waals surface area (Å²) in [5, 5.41) is 3.53. The number of hydrogen-bond acceptors (Lipinski definition) is 3. The van der Waals surface area contributed by atoms with Crippen LogP contribution in [0.2, 0.25) is 0 Å². The Labute approximate surface area is 114 Å². The van der Waals surface area contributed by atoms with Crippen LogP contribution in [0, 0.1) is 5.92 Å². The normalized spacial score (nSPS) is 20.5. The summed E-state index contributed by atoms with van der Waals surface area (Å²) in [7, 11) is 0. The largest absolute Gasteiger partial charge is 0.316 e. The van der Waals surface area contributed by atoms with Crippen molar-refractivity contribution < 1.29 is 0 Å². The molecule has 1 aliphatic rings. The Balaban J connectivity index is 2.04. The summed E-state index contributed by atoms with van der Waals surface area (Å²) in [5.74, 6) is 0.768. The van der Waals surface area contributed by atoms with Crippen molar-refractivity contribution in [2.75, 3.05) is 45.8 Å². The zero-order valence-corrected chi connectivity index (χ0v) is 12.9. The maximum atomic E-state index is 3.53. The molecule has 1 rings (SSSR count). The van der Waals surface area contributed by atoms with E-state index in [-0.39, 0.29) is 0 Å². The van der Waals surface area contributed by atoms with E-state index in [1.54, 1.807) is 0 Å². The molecule has 3 nitrogen and oxygen atoms in total. The third-order valence-electron chi connectivity index (χ3n) is 4.01. The first-order valence-electron chi connectivity index (χ1n) is 7.80. The summed E-state index contributed by atoms with van der Waals surface area (Å²) in [6, 6.07) is 0.754. The molecule has 1 N–H and O–H groups in total. The second-order valence-electron chi connectivity index (χ2n) is 6.06. The van der Waals surface area contributed by atoms with Crippen LogP contribution in [0.4, 0.5) is 0 Å². The van der Waals surface area contributed by atoms with Gasteiger partial charge in [-0.25, -0.2) is 0 Å². The second kappa shape index (κ2) is 8.89. The van der Waals surface area contributed by atoms with E-state index < -0.39 is 0 Å². The van der Waals surface area contributed by atoms with Crippen LogP contribution in [-0.4, -0.2) is 61.7 Å². The van der Waals surface area contributed by atoms with Crippen molar-refractivity contribution in [2.24, 2.45) is 5.92 Å². The molecule has 0 bridgehead atoms. The van der Waals surface area contributed by atoms with Crippen molar-refractivity contribution in [3.8, 4) is 0 Å². The second-order valence-corrected chi connectivity index (χ2v) is 6.06. The Bertz CT molecular complexity index is 198. The molecule has 1 atom stereocenters. The van der Waals surface area contributed by atoms with E-state index >= 15 is 0 Å². The van der Waals surface area contributed by atoms with E-state index in [0.29, 0.717) is 0 Å². The Morgan fingerprint density at radius 1 is 1.06 bits per heavy atom. The molecule has 0 aromatic heterocycles. The van der Waals surface area contributed by atoms with E-state index in [1.165, 1.54) is 52.1 Å². The minimum absolute atomic E-state index is 0.754. The minimum Gasteiger partial charge on any atom is -0.316 e. The molecule has 0 aromatic carbocycles. The van der Waals surface area contributed by atoms with Gasteiger partial charge in [0.05, 0.1) is 0 Å². The van der Waals surface area contributed by atoms with Gasteiger partial charge in [-0.1, -0.05) is 20.8 Å². The number of piperazine rings is 1. The van der Waals surface area contributed by atoms with Crippen LogP contribution < -0.4 is 5.32 Å². The van der Waals surface area contributed by atoms with Gasteiger partial charge in [-0.2, -0.15) is 0 Å². The van der Waals surface area contributed by atoms with Gasteiger partial charge in [0.15, 0.2) is 0 Å². The summed E-state index contributed by atoms with van der Waals surface area (Å²) >= 11 is 0. The van der Waals surface area contributed by atoms with Crippen LogP contribution >= 0.6 is 0 Å². The van der Waals surface area contributed by atoms with Crippen molar-refractivity contribution >= 4 is 0 Å². The lowest BCUT2D eigenvalue weighted by molar-refractivity contribution is 0.101. The van der Waals surface area contributed by atoms with Gasteiger partial charge in [-0.3, -0.25) is 4.90 Å². The number of hydrogen-bond donors (Lipinski definition) is 1. The van der Waals surface area contributed by atoms with Crippen LogP contribution in [0.15, 0.2) is 0 Å². The Hall–Kier alpha value is -0.120. The fraction of sp³-hybridized carbons (Fsp3) is 1.00. The number of likely N-dealkylation sites (N-methyl/N-ethyl adjacent to an activating group) is 1. The first-order chi connectivity index (χ1) is 8.63. The van der Waals surface area contributed by atoms with Gasteiger partial charge in [-0.15, -0.1) is 0 Å². The molecule has 0 saturated carbocycles. The Morgan fingerprint density at radius 2 is 1.72 bits per heavy atom. The summed E-state index contributed by atoms with van der Waals surface area (Å²) < 4.78 is 0. The molecule has 0 aliphatic carbocycles. The number of nitrogens with one attached hydrogen (secondary N) is 1. The van der Waals surface area contributed by atoms with Crippen molar-refractivity contribution in [3.05, 3.63) is 0 Å². The molecule has 0 aromatic rings. The molecule has 0 spiro atoms. The molecule has 1 fully saturated rings. The first-order valence-corrected chi connectivity index (χ1v) is 7.80. The quantitative estimate of drug-likeness (QED) is 0.670. The lowest BCUT2D eigenvalue weighted by Gasteiger charge is -2.37. The van der Waals surface area contributed by atoms with Crippen molar-refractivity contribution in [3.63, 3.8) is 0 Å². The highest BCUT2D eigenvalue weighted by atomic mass is 15.3. The van der Waals surface area contributed by atoms with Crippen molar-refractivity contribution in [2.45, 2.75) is 46.6 Å². The summed E-state index contributed by atoms with van der Waals surface area (Å²) in [6.45, 7) is 17.8. The van der Waals surface area contributed by atoms with Gasteiger partial charge in [0.1, 0.15) is 0 Å². The van der Waals surface area contributed by atoms with Crippen molar-refractivity contribution in [1.29, 1.82) is 0 Å². The highest BCUT2D eigenvalue weighted by Gasteiger charge is 2.19. The monoisotopic (exact) mass is 255 g/mol. The van der Waals surface area contributed by atoms with Gasteiger partial charge in [0.2, 0.25) is 0 Å². The summed E-state index contributed by atoms with van der Waals surface area (Å²) in [5.41, 5.74) is 0. The third-order valence-corrected chi connectivity index (χ3v) is 4.01. The minimum atomic E-state index is 0.754. The van der Waals surface area contributed by atoms with Gasteiger partial charge in [-0.05, 0) is 45.3 Å². The van der Waals surface area contributed by atoms with E-state index in [2.05, 4.69) is 42.8 Å².